The normalized spacial score (nSPS) is 13.4. The minimum absolute atomic E-state index is 0.142. The molecule has 1 atom stereocenters. The largest absolute Gasteiger partial charge is 0.494 e. The first-order valence-corrected chi connectivity index (χ1v) is 7.35. The molecule has 0 aliphatic rings. The molecule has 0 radical (unpaired) electrons. The first kappa shape index (κ1) is 15.5. The van der Waals surface area contributed by atoms with E-state index in [2.05, 4.69) is 55.0 Å². The Bertz CT molecular complexity index is 385. The van der Waals surface area contributed by atoms with Crippen LogP contribution in [-0.4, -0.2) is 13.2 Å². The second kappa shape index (κ2) is 6.58. The van der Waals surface area contributed by atoms with Gasteiger partial charge in [-0.3, -0.25) is 0 Å². The molecular formula is C15H24BrNO. The van der Waals surface area contributed by atoms with Crippen LogP contribution in [0.5, 0.6) is 5.75 Å². The summed E-state index contributed by atoms with van der Waals surface area (Å²) < 4.78 is 6.84. The van der Waals surface area contributed by atoms with Crippen molar-refractivity contribution in [3.63, 3.8) is 0 Å². The van der Waals surface area contributed by atoms with Crippen molar-refractivity contribution in [1.29, 1.82) is 0 Å². The van der Waals surface area contributed by atoms with Gasteiger partial charge in [-0.1, -0.05) is 43.6 Å². The Morgan fingerprint density at radius 1 is 1.28 bits per heavy atom. The van der Waals surface area contributed by atoms with Crippen molar-refractivity contribution in [2.24, 2.45) is 5.41 Å². The van der Waals surface area contributed by atoms with Crippen LogP contribution in [0, 0.1) is 5.41 Å². The van der Waals surface area contributed by atoms with Gasteiger partial charge in [0.1, 0.15) is 5.75 Å². The monoisotopic (exact) mass is 313 g/mol. The molecule has 0 amide bonds. The number of rotatable bonds is 5. The van der Waals surface area contributed by atoms with Crippen LogP contribution in [0.15, 0.2) is 22.7 Å². The lowest BCUT2D eigenvalue weighted by molar-refractivity contribution is 0.261. The smallest absolute Gasteiger partial charge is 0.124 e. The second-order valence-corrected chi connectivity index (χ2v) is 6.39. The van der Waals surface area contributed by atoms with Crippen LogP contribution in [0.2, 0.25) is 0 Å². The number of ether oxygens (including phenoxy) is 1. The van der Waals surface area contributed by atoms with Crippen molar-refractivity contribution < 1.29 is 4.74 Å². The van der Waals surface area contributed by atoms with Gasteiger partial charge in [-0.25, -0.2) is 0 Å². The van der Waals surface area contributed by atoms with Gasteiger partial charge in [0.15, 0.2) is 0 Å². The molecule has 0 saturated carbocycles. The van der Waals surface area contributed by atoms with Gasteiger partial charge in [-0.05, 0) is 37.1 Å². The third kappa shape index (κ3) is 3.99. The van der Waals surface area contributed by atoms with Gasteiger partial charge in [-0.15, -0.1) is 0 Å². The van der Waals surface area contributed by atoms with Crippen molar-refractivity contribution in [2.75, 3.05) is 13.2 Å². The van der Waals surface area contributed by atoms with Gasteiger partial charge in [0.25, 0.3) is 0 Å². The van der Waals surface area contributed by atoms with Crippen molar-refractivity contribution in [3.8, 4) is 5.75 Å². The van der Waals surface area contributed by atoms with E-state index in [1.54, 1.807) is 0 Å². The predicted octanol–water partition coefficient (Wildman–Crippen LogP) is 4.54. The number of halogens is 1. The third-order valence-electron chi connectivity index (χ3n) is 2.86. The Hall–Kier alpha value is -0.540. The van der Waals surface area contributed by atoms with Crippen molar-refractivity contribution in [3.05, 3.63) is 28.2 Å². The molecule has 1 N–H and O–H groups in total. The molecule has 1 aromatic rings. The van der Waals surface area contributed by atoms with E-state index < -0.39 is 0 Å². The van der Waals surface area contributed by atoms with E-state index in [4.69, 9.17) is 4.74 Å². The fourth-order valence-electron chi connectivity index (χ4n) is 2.12. The lowest BCUT2D eigenvalue weighted by Crippen LogP contribution is -2.32. The first-order valence-electron chi connectivity index (χ1n) is 6.55. The van der Waals surface area contributed by atoms with Gasteiger partial charge in [-0.2, -0.15) is 0 Å². The van der Waals surface area contributed by atoms with Crippen LogP contribution in [-0.2, 0) is 0 Å². The van der Waals surface area contributed by atoms with Crippen molar-refractivity contribution in [1.82, 2.24) is 5.32 Å². The maximum absolute atomic E-state index is 5.75. The molecular weight excluding hydrogens is 290 g/mol. The van der Waals surface area contributed by atoms with E-state index in [1.165, 1.54) is 5.56 Å². The maximum Gasteiger partial charge on any atom is 0.124 e. The topological polar surface area (TPSA) is 21.3 Å². The zero-order chi connectivity index (χ0) is 13.8. The molecule has 0 aromatic heterocycles. The van der Waals surface area contributed by atoms with Gasteiger partial charge in [0, 0.05) is 16.1 Å². The highest BCUT2D eigenvalue weighted by Gasteiger charge is 2.28. The lowest BCUT2D eigenvalue weighted by atomic mass is 9.82. The van der Waals surface area contributed by atoms with Crippen LogP contribution >= 0.6 is 15.9 Å². The highest BCUT2D eigenvalue weighted by molar-refractivity contribution is 9.10. The van der Waals surface area contributed by atoms with Crippen molar-refractivity contribution in [2.45, 2.75) is 40.7 Å². The fourth-order valence-corrected chi connectivity index (χ4v) is 2.50. The molecule has 3 heteroatoms. The number of nitrogens with one attached hydrogen (secondary N) is 1. The molecule has 102 valence electrons. The number of benzene rings is 1. The zero-order valence-corrected chi connectivity index (χ0v) is 13.6. The van der Waals surface area contributed by atoms with Crippen LogP contribution in [0.1, 0.15) is 46.2 Å². The first-order chi connectivity index (χ1) is 8.40. The summed E-state index contributed by atoms with van der Waals surface area (Å²) in [5, 5.41) is 3.56. The predicted molar refractivity (Wildman–Crippen MR) is 81.2 cm³/mol. The zero-order valence-electron chi connectivity index (χ0n) is 12.0. The molecule has 1 unspecified atom stereocenters. The molecule has 1 rings (SSSR count). The van der Waals surface area contributed by atoms with Gasteiger partial charge in [0.05, 0.1) is 6.61 Å². The summed E-state index contributed by atoms with van der Waals surface area (Å²) in [7, 11) is 0. The summed E-state index contributed by atoms with van der Waals surface area (Å²) in [5.74, 6) is 0.974. The Morgan fingerprint density at radius 3 is 2.44 bits per heavy atom. The maximum atomic E-state index is 5.75. The molecule has 18 heavy (non-hydrogen) atoms. The van der Waals surface area contributed by atoms with Crippen LogP contribution in [0.3, 0.4) is 0 Å². The summed E-state index contributed by atoms with van der Waals surface area (Å²) in [5.41, 5.74) is 1.36. The Morgan fingerprint density at radius 2 is 1.94 bits per heavy atom. The van der Waals surface area contributed by atoms with E-state index in [9.17, 15) is 0 Å². The highest BCUT2D eigenvalue weighted by Crippen LogP contribution is 2.38. The quantitative estimate of drug-likeness (QED) is 0.861. The van der Waals surface area contributed by atoms with Crippen LogP contribution in [0.25, 0.3) is 0 Å². The Kier molecular flexibility index (Phi) is 5.67. The standard InChI is InChI=1S/C15H24BrNO/c1-6-17-14(15(3,4)5)12-10-11(16)8-9-13(12)18-7-2/h8-10,14,17H,6-7H2,1-5H3. The molecule has 0 saturated heterocycles. The molecule has 0 fully saturated rings. The SMILES string of the molecule is CCNC(c1cc(Br)ccc1OCC)C(C)(C)C. The number of hydrogen-bond acceptors (Lipinski definition) is 2. The van der Waals surface area contributed by atoms with Crippen LogP contribution < -0.4 is 10.1 Å². The van der Waals surface area contributed by atoms with Crippen LogP contribution in [0.4, 0.5) is 0 Å². The van der Waals surface area contributed by atoms with E-state index in [0.29, 0.717) is 6.61 Å². The molecule has 0 spiro atoms. The minimum atomic E-state index is 0.142. The summed E-state index contributed by atoms with van der Waals surface area (Å²) in [6, 6.07) is 6.50. The summed E-state index contributed by atoms with van der Waals surface area (Å²) in [6.45, 7) is 12.5. The van der Waals surface area contributed by atoms with Crippen molar-refractivity contribution >= 4 is 15.9 Å². The van der Waals surface area contributed by atoms with E-state index in [1.807, 2.05) is 19.1 Å². The second-order valence-electron chi connectivity index (χ2n) is 5.47. The lowest BCUT2D eigenvalue weighted by Gasteiger charge is -2.33. The molecule has 0 heterocycles. The summed E-state index contributed by atoms with van der Waals surface area (Å²) in [4.78, 5) is 0. The molecule has 0 bridgehead atoms. The average molecular weight is 314 g/mol. The van der Waals surface area contributed by atoms with E-state index in [-0.39, 0.29) is 11.5 Å². The molecule has 0 aliphatic carbocycles. The third-order valence-corrected chi connectivity index (χ3v) is 3.35. The minimum Gasteiger partial charge on any atom is -0.494 e. The van der Waals surface area contributed by atoms with E-state index in [0.717, 1.165) is 16.8 Å². The highest BCUT2D eigenvalue weighted by atomic mass is 79.9. The summed E-state index contributed by atoms with van der Waals surface area (Å²) >= 11 is 3.55. The molecule has 0 aliphatic heterocycles. The Balaban J connectivity index is 3.20. The number of hydrogen-bond donors (Lipinski definition) is 1. The van der Waals surface area contributed by atoms with Gasteiger partial charge < -0.3 is 10.1 Å². The molecule has 1 aromatic carbocycles. The van der Waals surface area contributed by atoms with Gasteiger partial charge >= 0.3 is 0 Å². The average Bonchev–Trinajstić information content (AvgIpc) is 2.27. The molecule has 2 nitrogen and oxygen atoms in total. The Labute approximate surface area is 119 Å². The fraction of sp³-hybridized carbons (Fsp3) is 0.600. The summed E-state index contributed by atoms with van der Waals surface area (Å²) in [6.07, 6.45) is 0. The van der Waals surface area contributed by atoms with Gasteiger partial charge in [0.2, 0.25) is 0 Å². The van der Waals surface area contributed by atoms with E-state index >= 15 is 0 Å².